The second-order valence-electron chi connectivity index (χ2n) is 5.21. The summed E-state index contributed by atoms with van der Waals surface area (Å²) in [7, 11) is 0. The van der Waals surface area contributed by atoms with Crippen molar-refractivity contribution in [2.24, 2.45) is 0 Å². The van der Waals surface area contributed by atoms with E-state index in [2.05, 4.69) is 23.7 Å². The zero-order valence-corrected chi connectivity index (χ0v) is 11.7. The summed E-state index contributed by atoms with van der Waals surface area (Å²) in [5.41, 5.74) is 0. The first kappa shape index (κ1) is 13.0. The van der Waals surface area contributed by atoms with Crippen molar-refractivity contribution in [2.45, 2.75) is 58.2 Å². The molecule has 2 unspecified atom stereocenters. The molecule has 17 heavy (non-hydrogen) atoms. The number of likely N-dealkylation sites (tertiary alicyclic amines) is 1. The summed E-state index contributed by atoms with van der Waals surface area (Å²) in [5.74, 6) is 0. The molecule has 3 nitrogen and oxygen atoms in total. The van der Waals surface area contributed by atoms with Crippen LogP contribution in [0, 0.1) is 0 Å². The number of thiazole rings is 1. The van der Waals surface area contributed by atoms with Gasteiger partial charge in [-0.25, -0.2) is 4.98 Å². The van der Waals surface area contributed by atoms with E-state index in [0.717, 1.165) is 6.42 Å². The zero-order chi connectivity index (χ0) is 12.4. The van der Waals surface area contributed by atoms with E-state index in [4.69, 9.17) is 0 Å². The van der Waals surface area contributed by atoms with Crippen molar-refractivity contribution >= 4 is 11.3 Å². The van der Waals surface area contributed by atoms with Gasteiger partial charge in [-0.15, -0.1) is 11.3 Å². The fourth-order valence-corrected chi connectivity index (χ4v) is 3.73. The quantitative estimate of drug-likeness (QED) is 0.897. The van der Waals surface area contributed by atoms with Gasteiger partial charge in [0.2, 0.25) is 0 Å². The number of rotatable bonds is 4. The van der Waals surface area contributed by atoms with E-state index in [1.54, 1.807) is 11.3 Å². The lowest BCUT2D eigenvalue weighted by Crippen LogP contribution is -2.30. The van der Waals surface area contributed by atoms with Gasteiger partial charge in [-0.1, -0.05) is 0 Å². The second kappa shape index (κ2) is 5.46. The van der Waals surface area contributed by atoms with Gasteiger partial charge in [0.15, 0.2) is 0 Å². The molecule has 1 fully saturated rings. The van der Waals surface area contributed by atoms with E-state index >= 15 is 0 Å². The topological polar surface area (TPSA) is 36.4 Å². The second-order valence-corrected chi connectivity index (χ2v) is 6.35. The predicted octanol–water partition coefficient (Wildman–Crippen LogP) is 2.61. The standard InChI is InChI=1S/C13H22N2OS/c1-9(2)15-6-4-5-12(15)13-14-8-11(17-13)7-10(3)16/h8-10,12,16H,4-7H2,1-3H3. The SMILES string of the molecule is CC(O)Cc1cnc(C2CCCN2C(C)C)s1. The first-order valence-corrected chi connectivity index (χ1v) is 7.28. The molecule has 2 atom stereocenters. The lowest BCUT2D eigenvalue weighted by Gasteiger charge is -2.26. The highest BCUT2D eigenvalue weighted by atomic mass is 32.1. The fourth-order valence-electron chi connectivity index (χ4n) is 2.53. The molecule has 0 amide bonds. The van der Waals surface area contributed by atoms with Crippen LogP contribution in [0.5, 0.6) is 0 Å². The number of aliphatic hydroxyl groups excluding tert-OH is 1. The predicted molar refractivity (Wildman–Crippen MR) is 71.3 cm³/mol. The Labute approximate surface area is 107 Å². The molecule has 2 rings (SSSR count). The summed E-state index contributed by atoms with van der Waals surface area (Å²) in [6, 6.07) is 1.09. The third kappa shape index (κ3) is 3.06. The van der Waals surface area contributed by atoms with Gasteiger partial charge in [0.25, 0.3) is 0 Å². The van der Waals surface area contributed by atoms with Crippen molar-refractivity contribution in [3.8, 4) is 0 Å². The maximum absolute atomic E-state index is 9.39. The van der Waals surface area contributed by atoms with Crippen LogP contribution in [0.3, 0.4) is 0 Å². The number of hydrogen-bond acceptors (Lipinski definition) is 4. The van der Waals surface area contributed by atoms with Crippen molar-refractivity contribution in [1.29, 1.82) is 0 Å². The van der Waals surface area contributed by atoms with Crippen molar-refractivity contribution in [3.63, 3.8) is 0 Å². The maximum Gasteiger partial charge on any atom is 0.110 e. The molecule has 96 valence electrons. The highest BCUT2D eigenvalue weighted by Gasteiger charge is 2.29. The molecule has 1 aliphatic rings. The summed E-state index contributed by atoms with van der Waals surface area (Å²) in [6.07, 6.45) is 4.89. The van der Waals surface area contributed by atoms with E-state index < -0.39 is 0 Å². The molecule has 1 aromatic rings. The Kier molecular flexibility index (Phi) is 4.17. The Morgan fingerprint density at radius 1 is 1.53 bits per heavy atom. The third-order valence-electron chi connectivity index (χ3n) is 3.31. The Bertz CT molecular complexity index is 362. The number of nitrogens with zero attached hydrogens (tertiary/aromatic N) is 2. The highest BCUT2D eigenvalue weighted by molar-refractivity contribution is 7.11. The van der Waals surface area contributed by atoms with Crippen LogP contribution in [0.15, 0.2) is 6.20 Å². The lowest BCUT2D eigenvalue weighted by atomic mass is 10.2. The third-order valence-corrected chi connectivity index (χ3v) is 4.43. The molecule has 0 aliphatic carbocycles. The maximum atomic E-state index is 9.39. The van der Waals surface area contributed by atoms with Crippen LogP contribution in [0.25, 0.3) is 0 Å². The van der Waals surface area contributed by atoms with Gasteiger partial charge < -0.3 is 5.11 Å². The van der Waals surface area contributed by atoms with Crippen molar-refractivity contribution < 1.29 is 5.11 Å². The van der Waals surface area contributed by atoms with E-state index in [1.807, 2.05) is 13.1 Å². The van der Waals surface area contributed by atoms with Gasteiger partial charge in [0.05, 0.1) is 12.1 Å². The van der Waals surface area contributed by atoms with Crippen molar-refractivity contribution in [1.82, 2.24) is 9.88 Å². The summed E-state index contributed by atoms with van der Waals surface area (Å²) < 4.78 is 0. The molecule has 2 heterocycles. The van der Waals surface area contributed by atoms with Crippen LogP contribution in [0.1, 0.15) is 49.5 Å². The Morgan fingerprint density at radius 3 is 2.94 bits per heavy atom. The summed E-state index contributed by atoms with van der Waals surface area (Å²) in [4.78, 5) is 8.28. The van der Waals surface area contributed by atoms with Crippen molar-refractivity contribution in [3.05, 3.63) is 16.1 Å². The van der Waals surface area contributed by atoms with Gasteiger partial charge in [-0.2, -0.15) is 0 Å². The minimum Gasteiger partial charge on any atom is -0.393 e. The summed E-state index contributed by atoms with van der Waals surface area (Å²) >= 11 is 1.77. The molecular formula is C13H22N2OS. The van der Waals surface area contributed by atoms with Crippen LogP contribution in [0.4, 0.5) is 0 Å². The van der Waals surface area contributed by atoms with Crippen LogP contribution in [-0.4, -0.2) is 33.7 Å². The normalized spacial score (nSPS) is 23.5. The molecule has 0 radical (unpaired) electrons. The molecule has 0 saturated carbocycles. The average molecular weight is 254 g/mol. The molecule has 1 aliphatic heterocycles. The molecule has 1 aromatic heterocycles. The highest BCUT2D eigenvalue weighted by Crippen LogP contribution is 2.35. The molecule has 1 saturated heterocycles. The van der Waals surface area contributed by atoms with Crippen LogP contribution in [0.2, 0.25) is 0 Å². The van der Waals surface area contributed by atoms with Gasteiger partial charge in [0.1, 0.15) is 5.01 Å². The van der Waals surface area contributed by atoms with Crippen LogP contribution in [-0.2, 0) is 6.42 Å². The fraction of sp³-hybridized carbons (Fsp3) is 0.769. The molecule has 1 N–H and O–H groups in total. The molecular weight excluding hydrogens is 232 g/mol. The van der Waals surface area contributed by atoms with Crippen LogP contribution >= 0.6 is 11.3 Å². The number of hydrogen-bond donors (Lipinski definition) is 1. The van der Waals surface area contributed by atoms with Crippen LogP contribution < -0.4 is 0 Å². The largest absolute Gasteiger partial charge is 0.393 e. The van der Waals surface area contributed by atoms with E-state index in [-0.39, 0.29) is 6.10 Å². The molecule has 4 heteroatoms. The Hall–Kier alpha value is -0.450. The average Bonchev–Trinajstić information content (AvgIpc) is 2.82. The van der Waals surface area contributed by atoms with Gasteiger partial charge in [0, 0.05) is 23.5 Å². The first-order chi connectivity index (χ1) is 8.08. The smallest absolute Gasteiger partial charge is 0.110 e. The van der Waals surface area contributed by atoms with E-state index in [0.29, 0.717) is 12.1 Å². The van der Waals surface area contributed by atoms with E-state index in [9.17, 15) is 5.11 Å². The van der Waals surface area contributed by atoms with Gasteiger partial charge >= 0.3 is 0 Å². The number of aromatic nitrogens is 1. The summed E-state index contributed by atoms with van der Waals surface area (Å²) in [5, 5.41) is 10.6. The first-order valence-electron chi connectivity index (χ1n) is 6.46. The zero-order valence-electron chi connectivity index (χ0n) is 10.9. The minimum atomic E-state index is -0.270. The molecule has 0 bridgehead atoms. The Morgan fingerprint density at radius 2 is 2.29 bits per heavy atom. The van der Waals surface area contributed by atoms with Crippen molar-refractivity contribution in [2.75, 3.05) is 6.54 Å². The molecule has 0 spiro atoms. The minimum absolute atomic E-state index is 0.270. The van der Waals surface area contributed by atoms with Gasteiger partial charge in [-0.3, -0.25) is 4.90 Å². The summed E-state index contributed by atoms with van der Waals surface area (Å²) in [6.45, 7) is 7.52. The molecule has 0 aromatic carbocycles. The Balaban J connectivity index is 2.08. The van der Waals surface area contributed by atoms with Gasteiger partial charge in [-0.05, 0) is 40.2 Å². The number of aliphatic hydroxyl groups is 1. The van der Waals surface area contributed by atoms with E-state index in [1.165, 1.54) is 29.3 Å². The lowest BCUT2D eigenvalue weighted by molar-refractivity contribution is 0.196. The monoisotopic (exact) mass is 254 g/mol.